The molecule has 1 fully saturated rings. The van der Waals surface area contributed by atoms with Crippen molar-refractivity contribution in [3.05, 3.63) is 35.7 Å². The highest BCUT2D eigenvalue weighted by atomic mass is 32.2. The van der Waals surface area contributed by atoms with Crippen molar-refractivity contribution < 1.29 is 17.6 Å². The Hall–Kier alpha value is -2.26. The smallest absolute Gasteiger partial charge is 0.322 e. The maximum atomic E-state index is 13.1. The molecule has 3 rings (SSSR count). The molecule has 32 heavy (non-hydrogen) atoms. The number of rotatable bonds is 11. The summed E-state index contributed by atoms with van der Waals surface area (Å²) in [5, 5.41) is 10.6. The number of hydrogen-bond acceptors (Lipinski definition) is 6. The van der Waals surface area contributed by atoms with E-state index in [1.54, 1.807) is 4.31 Å². The molecule has 1 N–H and O–H groups in total. The lowest BCUT2D eigenvalue weighted by atomic mass is 9.89. The highest BCUT2D eigenvalue weighted by molar-refractivity contribution is 7.89. The lowest BCUT2D eigenvalue weighted by Crippen LogP contribution is -2.33. The van der Waals surface area contributed by atoms with Crippen LogP contribution in [0.3, 0.4) is 0 Å². The lowest BCUT2D eigenvalue weighted by molar-refractivity contribution is 0.102. The van der Waals surface area contributed by atoms with Gasteiger partial charge in [-0.3, -0.25) is 10.1 Å². The molecule has 1 aromatic heterocycles. The third-order valence-electron chi connectivity index (χ3n) is 5.89. The van der Waals surface area contributed by atoms with Crippen LogP contribution >= 0.6 is 0 Å². The molecule has 2 aromatic rings. The SMILES string of the molecule is CCCCN(CCCC)S(=O)(=O)c1ccc(C(=O)Nc2nnc(C3CCCCC3)o2)cc1. The Morgan fingerprint density at radius 2 is 1.66 bits per heavy atom. The zero-order valence-corrected chi connectivity index (χ0v) is 19.9. The molecule has 9 heteroatoms. The molecule has 0 radical (unpaired) electrons. The zero-order chi connectivity index (χ0) is 23.0. The first-order chi connectivity index (χ1) is 15.5. The second-order valence-corrected chi connectivity index (χ2v) is 10.3. The van der Waals surface area contributed by atoms with Crippen LogP contribution in [0.15, 0.2) is 33.6 Å². The largest absolute Gasteiger partial charge is 0.408 e. The third-order valence-corrected chi connectivity index (χ3v) is 7.80. The van der Waals surface area contributed by atoms with Gasteiger partial charge in [0.1, 0.15) is 0 Å². The van der Waals surface area contributed by atoms with Crippen LogP contribution in [0.5, 0.6) is 0 Å². The average molecular weight is 463 g/mol. The van der Waals surface area contributed by atoms with Crippen molar-refractivity contribution in [3.63, 3.8) is 0 Å². The molecule has 0 aliphatic heterocycles. The molecule has 1 heterocycles. The highest BCUT2D eigenvalue weighted by Gasteiger charge is 2.25. The van der Waals surface area contributed by atoms with E-state index in [1.807, 2.05) is 13.8 Å². The van der Waals surface area contributed by atoms with Crippen molar-refractivity contribution >= 4 is 21.9 Å². The maximum absolute atomic E-state index is 13.1. The van der Waals surface area contributed by atoms with Gasteiger partial charge in [-0.2, -0.15) is 4.31 Å². The summed E-state index contributed by atoms with van der Waals surface area (Å²) in [7, 11) is -3.60. The third kappa shape index (κ3) is 6.16. The van der Waals surface area contributed by atoms with Crippen LogP contribution in [0, 0.1) is 0 Å². The summed E-state index contributed by atoms with van der Waals surface area (Å²) in [6.45, 7) is 5.09. The topological polar surface area (TPSA) is 105 Å². The number of amides is 1. The Kier molecular flexibility index (Phi) is 8.81. The number of carbonyl (C=O) groups is 1. The number of aromatic nitrogens is 2. The first-order valence-electron chi connectivity index (χ1n) is 11.7. The fraction of sp³-hybridized carbons (Fsp3) is 0.609. The summed E-state index contributed by atoms with van der Waals surface area (Å²) >= 11 is 0. The zero-order valence-electron chi connectivity index (χ0n) is 19.0. The first-order valence-corrected chi connectivity index (χ1v) is 13.1. The summed E-state index contributed by atoms with van der Waals surface area (Å²) in [6.07, 6.45) is 9.07. The van der Waals surface area contributed by atoms with Gasteiger partial charge in [0.05, 0.1) is 4.90 Å². The number of nitrogens with zero attached hydrogens (tertiary/aromatic N) is 3. The summed E-state index contributed by atoms with van der Waals surface area (Å²) in [6, 6.07) is 6.06. The van der Waals surface area contributed by atoms with Crippen molar-refractivity contribution in [3.8, 4) is 0 Å². The van der Waals surface area contributed by atoms with Crippen molar-refractivity contribution in [2.45, 2.75) is 82.4 Å². The molecule has 176 valence electrons. The molecule has 0 saturated heterocycles. The van der Waals surface area contributed by atoms with Gasteiger partial charge in [-0.05, 0) is 49.9 Å². The van der Waals surface area contributed by atoms with Gasteiger partial charge in [-0.15, -0.1) is 5.10 Å². The number of hydrogen-bond donors (Lipinski definition) is 1. The van der Waals surface area contributed by atoms with Gasteiger partial charge < -0.3 is 4.42 Å². The molecule has 1 amide bonds. The van der Waals surface area contributed by atoms with Gasteiger partial charge in [0.25, 0.3) is 5.91 Å². The van der Waals surface area contributed by atoms with Crippen LogP contribution < -0.4 is 5.32 Å². The van der Waals surface area contributed by atoms with Crippen LogP contribution in [0.1, 0.15) is 93.8 Å². The number of nitrogens with one attached hydrogen (secondary N) is 1. The van der Waals surface area contributed by atoms with Crippen LogP contribution in [0.2, 0.25) is 0 Å². The summed E-state index contributed by atoms with van der Waals surface area (Å²) < 4.78 is 33.3. The van der Waals surface area contributed by atoms with Crippen LogP contribution in [0.25, 0.3) is 0 Å². The van der Waals surface area contributed by atoms with Crippen LogP contribution in [0.4, 0.5) is 6.01 Å². The molecule has 0 unspecified atom stereocenters. The van der Waals surface area contributed by atoms with Gasteiger partial charge in [0, 0.05) is 24.6 Å². The second-order valence-electron chi connectivity index (χ2n) is 8.37. The minimum Gasteiger partial charge on any atom is -0.408 e. The fourth-order valence-electron chi connectivity index (χ4n) is 3.92. The van der Waals surface area contributed by atoms with Gasteiger partial charge in [0.15, 0.2) is 0 Å². The normalized spacial score (nSPS) is 15.2. The Labute approximate surface area is 190 Å². The average Bonchev–Trinajstić information content (AvgIpc) is 3.28. The standard InChI is InChI=1S/C23H34N4O4S/c1-3-5-16-27(17-6-4-2)32(29,30)20-14-12-18(13-15-20)21(28)24-23-26-25-22(31-23)19-10-8-7-9-11-19/h12-15,19H,3-11,16-17H2,1-2H3,(H,24,26,28). The fourth-order valence-corrected chi connectivity index (χ4v) is 5.43. The number of carbonyl (C=O) groups excluding carboxylic acids is 1. The van der Waals surface area contributed by atoms with Crippen LogP contribution in [-0.2, 0) is 10.0 Å². The molecular formula is C23H34N4O4S. The number of unbranched alkanes of at least 4 members (excludes halogenated alkanes) is 2. The Morgan fingerprint density at radius 1 is 1.03 bits per heavy atom. The highest BCUT2D eigenvalue weighted by Crippen LogP contribution is 2.32. The van der Waals surface area contributed by atoms with E-state index in [9.17, 15) is 13.2 Å². The first kappa shape index (κ1) is 24.4. The van der Waals surface area contributed by atoms with Gasteiger partial charge in [0.2, 0.25) is 15.9 Å². The molecular weight excluding hydrogens is 428 g/mol. The molecule has 8 nitrogen and oxygen atoms in total. The molecule has 0 atom stereocenters. The Morgan fingerprint density at radius 3 is 2.25 bits per heavy atom. The minimum atomic E-state index is -3.60. The van der Waals surface area contributed by atoms with E-state index >= 15 is 0 Å². The van der Waals surface area contributed by atoms with Crippen LogP contribution in [-0.4, -0.2) is 41.9 Å². The monoisotopic (exact) mass is 462 g/mol. The predicted octanol–water partition coefficient (Wildman–Crippen LogP) is 4.96. The molecule has 1 aliphatic rings. The van der Waals surface area contributed by atoms with Crippen molar-refractivity contribution in [2.24, 2.45) is 0 Å². The van der Waals surface area contributed by atoms with E-state index in [-0.39, 0.29) is 16.8 Å². The molecule has 1 aliphatic carbocycles. The summed E-state index contributed by atoms with van der Waals surface area (Å²) in [4.78, 5) is 12.8. The van der Waals surface area contributed by atoms with E-state index in [1.165, 1.54) is 30.7 Å². The van der Waals surface area contributed by atoms with E-state index in [0.29, 0.717) is 24.5 Å². The Bertz CT molecular complexity index is 958. The summed E-state index contributed by atoms with van der Waals surface area (Å²) in [5.74, 6) is 0.414. The number of anilines is 1. The van der Waals surface area contributed by atoms with Gasteiger partial charge in [-0.1, -0.05) is 51.1 Å². The van der Waals surface area contributed by atoms with Gasteiger partial charge >= 0.3 is 6.01 Å². The molecule has 1 aromatic carbocycles. The number of sulfonamides is 1. The molecule has 0 bridgehead atoms. The van der Waals surface area contributed by atoms with Gasteiger partial charge in [-0.25, -0.2) is 8.42 Å². The quantitative estimate of drug-likeness (QED) is 0.506. The summed E-state index contributed by atoms with van der Waals surface area (Å²) in [5.41, 5.74) is 0.329. The van der Waals surface area contributed by atoms with E-state index < -0.39 is 15.9 Å². The second kappa shape index (κ2) is 11.6. The Balaban J connectivity index is 1.66. The lowest BCUT2D eigenvalue weighted by Gasteiger charge is -2.22. The van der Waals surface area contributed by atoms with Crippen molar-refractivity contribution in [2.75, 3.05) is 18.4 Å². The minimum absolute atomic E-state index is 0.0672. The molecule has 0 spiro atoms. The predicted molar refractivity (Wildman–Crippen MR) is 123 cm³/mol. The molecule has 1 saturated carbocycles. The number of benzene rings is 1. The van der Waals surface area contributed by atoms with Crippen molar-refractivity contribution in [1.29, 1.82) is 0 Å². The van der Waals surface area contributed by atoms with E-state index in [4.69, 9.17) is 4.42 Å². The van der Waals surface area contributed by atoms with E-state index in [2.05, 4.69) is 15.5 Å². The van der Waals surface area contributed by atoms with Crippen molar-refractivity contribution in [1.82, 2.24) is 14.5 Å². The maximum Gasteiger partial charge on any atom is 0.322 e. The van der Waals surface area contributed by atoms with E-state index in [0.717, 1.165) is 51.4 Å².